The number of methoxy groups -OCH3 is 1. The molecule has 1 aliphatic rings. The molecule has 0 spiro atoms. The predicted molar refractivity (Wildman–Crippen MR) is 88.8 cm³/mol. The van der Waals surface area contributed by atoms with Crippen molar-refractivity contribution in [3.05, 3.63) is 29.3 Å². The zero-order chi connectivity index (χ0) is 17.8. The first-order valence-corrected chi connectivity index (χ1v) is 7.31. The van der Waals surface area contributed by atoms with E-state index in [1.54, 1.807) is 0 Å². The number of anilines is 1. The van der Waals surface area contributed by atoms with Gasteiger partial charge in [0.1, 0.15) is 13.6 Å². The number of hydrogen-bond acceptors (Lipinski definition) is 6. The Morgan fingerprint density at radius 3 is 2.43 bits per heavy atom. The highest BCUT2D eigenvalue weighted by molar-refractivity contribution is 5.90. The van der Waals surface area contributed by atoms with E-state index in [1.165, 1.54) is 7.11 Å². The van der Waals surface area contributed by atoms with Crippen molar-refractivity contribution in [3.8, 4) is 0 Å². The fraction of sp³-hybridized carbons (Fsp3) is 0.471. The summed E-state index contributed by atoms with van der Waals surface area (Å²) in [7, 11) is 1.40. The number of carbonyl (C=O) groups excluding carboxylic acids is 3. The van der Waals surface area contributed by atoms with E-state index in [0.717, 1.165) is 43.6 Å². The van der Waals surface area contributed by atoms with Crippen LogP contribution in [-0.2, 0) is 14.3 Å². The van der Waals surface area contributed by atoms with Crippen LogP contribution < -0.4 is 4.90 Å². The average molecular weight is 323 g/mol. The molecule has 6 nitrogen and oxygen atoms in total. The van der Waals surface area contributed by atoms with Gasteiger partial charge in [-0.25, -0.2) is 4.79 Å². The summed E-state index contributed by atoms with van der Waals surface area (Å²) < 4.78 is 4.78. The molecule has 0 amide bonds. The van der Waals surface area contributed by atoms with Crippen molar-refractivity contribution in [1.82, 2.24) is 0 Å². The molecule has 1 heterocycles. The summed E-state index contributed by atoms with van der Waals surface area (Å²) >= 11 is 0. The quantitative estimate of drug-likeness (QED) is 0.835. The second kappa shape index (κ2) is 11.4. The van der Waals surface area contributed by atoms with Crippen molar-refractivity contribution in [2.75, 3.05) is 25.1 Å². The number of aliphatic hydroxyl groups excluding tert-OH is 1. The van der Waals surface area contributed by atoms with E-state index in [4.69, 9.17) is 14.3 Å². The minimum absolute atomic E-state index is 0.199. The topological polar surface area (TPSA) is 83.9 Å². The van der Waals surface area contributed by atoms with Gasteiger partial charge in [0.15, 0.2) is 0 Å². The summed E-state index contributed by atoms with van der Waals surface area (Å²) in [6.45, 7) is 7.72. The number of rotatable bonds is 2. The fourth-order valence-corrected chi connectivity index (χ4v) is 2.52. The van der Waals surface area contributed by atoms with E-state index in [-0.39, 0.29) is 12.1 Å². The summed E-state index contributed by atoms with van der Waals surface area (Å²) in [6, 6.07) is 5.78. The molecular formula is C17H25NO5. The summed E-state index contributed by atoms with van der Waals surface area (Å²) in [5, 5.41) is 9.69. The number of hydrogen-bond donors (Lipinski definition) is 1. The Hall–Kier alpha value is -2.21. The largest absolute Gasteiger partial charge is 0.465 e. The molecular weight excluding hydrogens is 298 g/mol. The van der Waals surface area contributed by atoms with Gasteiger partial charge in [-0.3, -0.25) is 0 Å². The molecule has 2 rings (SSSR count). The Balaban J connectivity index is 0.00000112. The molecule has 0 radical (unpaired) electrons. The summed E-state index contributed by atoms with van der Waals surface area (Å²) in [4.78, 5) is 29.9. The highest BCUT2D eigenvalue weighted by atomic mass is 16.5. The molecule has 0 aliphatic carbocycles. The molecule has 6 heteroatoms. The van der Waals surface area contributed by atoms with E-state index < -0.39 is 0 Å². The van der Waals surface area contributed by atoms with Crippen LogP contribution in [0, 0.1) is 6.92 Å². The molecule has 0 bridgehead atoms. The van der Waals surface area contributed by atoms with Crippen molar-refractivity contribution in [2.45, 2.75) is 32.3 Å². The minimum Gasteiger partial charge on any atom is -0.465 e. The molecule has 1 aromatic carbocycles. The first-order valence-electron chi connectivity index (χ1n) is 7.31. The minimum atomic E-state index is -0.306. The normalized spacial score (nSPS) is 16.8. The van der Waals surface area contributed by atoms with Crippen LogP contribution in [0.3, 0.4) is 0 Å². The average Bonchev–Trinajstić information content (AvgIpc) is 2.82. The lowest BCUT2D eigenvalue weighted by Gasteiger charge is -2.23. The van der Waals surface area contributed by atoms with E-state index >= 15 is 0 Å². The first kappa shape index (κ1) is 20.8. The Morgan fingerprint density at radius 1 is 1.17 bits per heavy atom. The third-order valence-electron chi connectivity index (χ3n) is 3.55. The van der Waals surface area contributed by atoms with Gasteiger partial charge in [-0.15, -0.1) is 0 Å². The van der Waals surface area contributed by atoms with E-state index in [2.05, 4.69) is 11.0 Å². The fourth-order valence-electron chi connectivity index (χ4n) is 2.52. The lowest BCUT2D eigenvalue weighted by atomic mass is 10.1. The third-order valence-corrected chi connectivity index (χ3v) is 3.55. The van der Waals surface area contributed by atoms with Gasteiger partial charge in [0.25, 0.3) is 0 Å². The van der Waals surface area contributed by atoms with Crippen LogP contribution in [0.5, 0.6) is 0 Å². The van der Waals surface area contributed by atoms with Gasteiger partial charge in [-0.1, -0.05) is 0 Å². The Labute approximate surface area is 137 Å². The molecule has 1 fully saturated rings. The van der Waals surface area contributed by atoms with Gasteiger partial charge in [-0.2, -0.15) is 0 Å². The van der Waals surface area contributed by atoms with Gasteiger partial charge in [-0.05, 0) is 49.9 Å². The molecule has 0 saturated carbocycles. The number of ether oxygens (including phenoxy) is 1. The van der Waals surface area contributed by atoms with Gasteiger partial charge in [0.2, 0.25) is 0 Å². The molecule has 1 atom stereocenters. The molecule has 1 unspecified atom stereocenters. The standard InChI is InChI=1S/C15H21NO3.2CH2O/c1-11-8-12(15(18)19-2)10-13(9-11)16-6-3-4-14(17)5-7-16;2*1-2/h8-10,14,17H,3-7H2,1-2H3;2*1H2. The van der Waals surface area contributed by atoms with E-state index in [9.17, 15) is 9.90 Å². The van der Waals surface area contributed by atoms with Crippen molar-refractivity contribution in [1.29, 1.82) is 0 Å². The number of esters is 1. The summed E-state index contributed by atoms with van der Waals surface area (Å²) in [5.41, 5.74) is 2.67. The second-order valence-electron chi connectivity index (χ2n) is 5.12. The van der Waals surface area contributed by atoms with Crippen LogP contribution in [-0.4, -0.2) is 51.0 Å². The molecule has 1 aliphatic heterocycles. The van der Waals surface area contributed by atoms with Gasteiger partial charge >= 0.3 is 5.97 Å². The number of benzene rings is 1. The van der Waals surface area contributed by atoms with Crippen molar-refractivity contribution >= 4 is 25.2 Å². The second-order valence-corrected chi connectivity index (χ2v) is 5.12. The molecule has 1 aromatic rings. The molecule has 128 valence electrons. The smallest absolute Gasteiger partial charge is 0.337 e. The summed E-state index contributed by atoms with van der Waals surface area (Å²) in [5.74, 6) is -0.306. The number of carbonyl (C=O) groups is 3. The Morgan fingerprint density at radius 2 is 1.83 bits per heavy atom. The lowest BCUT2D eigenvalue weighted by molar-refractivity contribution is -0.0987. The van der Waals surface area contributed by atoms with Crippen LogP contribution in [0.1, 0.15) is 35.2 Å². The van der Waals surface area contributed by atoms with Crippen molar-refractivity contribution in [2.24, 2.45) is 0 Å². The maximum Gasteiger partial charge on any atom is 0.337 e. The molecule has 23 heavy (non-hydrogen) atoms. The zero-order valence-electron chi connectivity index (χ0n) is 13.8. The third kappa shape index (κ3) is 6.61. The monoisotopic (exact) mass is 323 g/mol. The first-order chi connectivity index (χ1) is 11.1. The van der Waals surface area contributed by atoms with Crippen molar-refractivity contribution < 1.29 is 24.2 Å². The van der Waals surface area contributed by atoms with Crippen LogP contribution >= 0.6 is 0 Å². The van der Waals surface area contributed by atoms with Crippen LogP contribution in [0.2, 0.25) is 0 Å². The van der Waals surface area contributed by atoms with Gasteiger partial charge < -0.3 is 24.3 Å². The highest BCUT2D eigenvalue weighted by Crippen LogP contribution is 2.23. The maximum absolute atomic E-state index is 11.6. The lowest BCUT2D eigenvalue weighted by Crippen LogP contribution is -2.25. The Bertz CT molecular complexity index is 490. The molecule has 1 N–H and O–H groups in total. The van der Waals surface area contributed by atoms with E-state index in [1.807, 2.05) is 32.6 Å². The van der Waals surface area contributed by atoms with Crippen LogP contribution in [0.4, 0.5) is 5.69 Å². The Kier molecular flexibility index (Phi) is 10.3. The number of aryl methyl sites for hydroxylation is 1. The summed E-state index contributed by atoms with van der Waals surface area (Å²) in [6.07, 6.45) is 2.41. The predicted octanol–water partition coefficient (Wildman–Crippen LogP) is 1.76. The molecule has 0 aromatic heterocycles. The van der Waals surface area contributed by atoms with Crippen LogP contribution in [0.15, 0.2) is 18.2 Å². The zero-order valence-corrected chi connectivity index (χ0v) is 13.8. The molecule has 1 saturated heterocycles. The number of aliphatic hydroxyl groups is 1. The number of nitrogens with zero attached hydrogens (tertiary/aromatic N) is 1. The van der Waals surface area contributed by atoms with Crippen molar-refractivity contribution in [3.63, 3.8) is 0 Å². The highest BCUT2D eigenvalue weighted by Gasteiger charge is 2.17. The van der Waals surface area contributed by atoms with Gasteiger partial charge in [0, 0.05) is 18.8 Å². The van der Waals surface area contributed by atoms with E-state index in [0.29, 0.717) is 5.56 Å². The maximum atomic E-state index is 11.6. The van der Waals surface area contributed by atoms with Gasteiger partial charge in [0.05, 0.1) is 18.8 Å². The van der Waals surface area contributed by atoms with Crippen LogP contribution in [0.25, 0.3) is 0 Å². The SMILES string of the molecule is C=O.C=O.COC(=O)c1cc(C)cc(N2CCCC(O)CC2)c1.